The second-order valence-electron chi connectivity index (χ2n) is 9.20. The summed E-state index contributed by atoms with van der Waals surface area (Å²) in [7, 11) is -4.02. The van der Waals surface area contributed by atoms with Crippen LogP contribution >= 0.6 is 0 Å². The van der Waals surface area contributed by atoms with Gasteiger partial charge < -0.3 is 15.0 Å². The summed E-state index contributed by atoms with van der Waals surface area (Å²) < 4.78 is 28.4. The van der Waals surface area contributed by atoms with Gasteiger partial charge in [0.05, 0.1) is 22.8 Å². The van der Waals surface area contributed by atoms with Crippen LogP contribution in [0, 0.1) is 5.92 Å². The highest BCUT2D eigenvalue weighted by Gasteiger charge is 2.34. The lowest BCUT2D eigenvalue weighted by atomic mass is 9.84. The number of likely N-dealkylation sites (tertiary alicyclic amines) is 1. The van der Waals surface area contributed by atoms with Crippen LogP contribution < -0.4 is 10.3 Å². The van der Waals surface area contributed by atoms with E-state index >= 15 is 0 Å². The SMILES string of the molecule is CC(C)CC1(O)CCN(C(=O)c2ccc(NS(=O)(=O)c3cccc4ncc(=O)[nH]c34)cc2)CC1. The number of nitrogens with zero attached hydrogens (tertiary/aromatic N) is 2. The summed E-state index contributed by atoms with van der Waals surface area (Å²) >= 11 is 0. The first-order chi connectivity index (χ1) is 16.1. The number of para-hydroxylation sites is 1. The van der Waals surface area contributed by atoms with E-state index in [4.69, 9.17) is 0 Å². The van der Waals surface area contributed by atoms with Crippen LogP contribution in [0.2, 0.25) is 0 Å². The van der Waals surface area contributed by atoms with Gasteiger partial charge in [-0.15, -0.1) is 0 Å². The van der Waals surface area contributed by atoms with Gasteiger partial charge in [-0.1, -0.05) is 19.9 Å². The van der Waals surface area contributed by atoms with Crippen LogP contribution in [0.15, 0.2) is 58.4 Å². The minimum absolute atomic E-state index is 0.0995. The van der Waals surface area contributed by atoms with Crippen LogP contribution in [-0.4, -0.2) is 53.0 Å². The highest BCUT2D eigenvalue weighted by molar-refractivity contribution is 7.93. The molecule has 1 amide bonds. The molecule has 1 aromatic heterocycles. The van der Waals surface area contributed by atoms with Gasteiger partial charge in [-0.25, -0.2) is 13.4 Å². The number of benzene rings is 2. The summed E-state index contributed by atoms with van der Waals surface area (Å²) in [4.78, 5) is 32.7. The number of piperidine rings is 1. The number of nitrogens with one attached hydrogen (secondary N) is 2. The molecule has 0 saturated carbocycles. The van der Waals surface area contributed by atoms with E-state index in [9.17, 15) is 23.1 Å². The van der Waals surface area contributed by atoms with E-state index in [0.717, 1.165) is 6.20 Å². The molecule has 0 atom stereocenters. The van der Waals surface area contributed by atoms with E-state index in [1.807, 2.05) is 0 Å². The first kappa shape index (κ1) is 23.9. The molecular weight excluding hydrogens is 456 g/mol. The van der Waals surface area contributed by atoms with Crippen molar-refractivity contribution in [2.24, 2.45) is 5.92 Å². The maximum absolute atomic E-state index is 13.0. The Morgan fingerprint density at radius 3 is 2.50 bits per heavy atom. The molecule has 3 aromatic rings. The van der Waals surface area contributed by atoms with E-state index in [2.05, 4.69) is 28.5 Å². The van der Waals surface area contributed by atoms with Gasteiger partial charge in [-0.2, -0.15) is 0 Å². The number of aromatic nitrogens is 2. The topological polar surface area (TPSA) is 132 Å². The van der Waals surface area contributed by atoms with E-state index < -0.39 is 21.2 Å². The van der Waals surface area contributed by atoms with Crippen LogP contribution in [0.1, 0.15) is 43.5 Å². The smallest absolute Gasteiger partial charge is 0.266 e. The second-order valence-corrected chi connectivity index (χ2v) is 10.8. The number of anilines is 1. The molecule has 1 fully saturated rings. The zero-order valence-electron chi connectivity index (χ0n) is 19.1. The predicted molar refractivity (Wildman–Crippen MR) is 129 cm³/mol. The molecule has 0 unspecified atom stereocenters. The van der Waals surface area contributed by atoms with Crippen molar-refractivity contribution in [3.8, 4) is 0 Å². The number of aromatic amines is 1. The second kappa shape index (κ2) is 9.19. The Morgan fingerprint density at radius 1 is 1.18 bits per heavy atom. The molecule has 180 valence electrons. The van der Waals surface area contributed by atoms with Gasteiger partial charge >= 0.3 is 0 Å². The zero-order valence-corrected chi connectivity index (χ0v) is 19.9. The Morgan fingerprint density at radius 2 is 1.85 bits per heavy atom. The fraction of sp³-hybridized carbons (Fsp3) is 0.375. The number of carbonyl (C=O) groups is 1. The lowest BCUT2D eigenvalue weighted by Crippen LogP contribution is -2.47. The molecule has 4 rings (SSSR count). The Labute approximate surface area is 197 Å². The summed E-state index contributed by atoms with van der Waals surface area (Å²) in [5.74, 6) is 0.229. The Bertz CT molecular complexity index is 1360. The summed E-state index contributed by atoms with van der Waals surface area (Å²) in [5.41, 5.74) is -0.0322. The summed E-state index contributed by atoms with van der Waals surface area (Å²) in [6, 6.07) is 10.7. The number of amides is 1. The molecule has 0 spiro atoms. The van der Waals surface area contributed by atoms with Crippen molar-refractivity contribution < 1.29 is 18.3 Å². The third kappa shape index (κ3) is 5.13. The summed E-state index contributed by atoms with van der Waals surface area (Å²) in [6.45, 7) is 5.09. The number of carbonyl (C=O) groups excluding carboxylic acids is 1. The molecule has 1 saturated heterocycles. The molecule has 1 aliphatic rings. The van der Waals surface area contributed by atoms with Crippen LogP contribution in [-0.2, 0) is 10.0 Å². The maximum Gasteiger partial charge on any atom is 0.266 e. The standard InChI is InChI=1S/C24H28N4O5S/c1-16(2)14-24(31)10-12-28(13-11-24)23(30)17-6-8-18(9-7-17)27-34(32,33)20-5-3-4-19-22(20)26-21(29)15-25-19/h3-9,15-16,27,31H,10-14H2,1-2H3,(H,26,29). The van der Waals surface area contributed by atoms with E-state index in [-0.39, 0.29) is 22.0 Å². The van der Waals surface area contributed by atoms with Crippen LogP contribution in [0.3, 0.4) is 0 Å². The minimum atomic E-state index is -4.02. The number of sulfonamides is 1. The van der Waals surface area contributed by atoms with Gasteiger partial charge in [0.1, 0.15) is 4.90 Å². The van der Waals surface area contributed by atoms with E-state index in [1.165, 1.54) is 18.2 Å². The van der Waals surface area contributed by atoms with Gasteiger partial charge in [0.15, 0.2) is 0 Å². The quantitative estimate of drug-likeness (QED) is 0.493. The van der Waals surface area contributed by atoms with Crippen molar-refractivity contribution >= 4 is 32.7 Å². The third-order valence-corrected chi connectivity index (χ3v) is 7.44. The highest BCUT2D eigenvalue weighted by atomic mass is 32.2. The van der Waals surface area contributed by atoms with Gasteiger partial charge in [0.25, 0.3) is 21.5 Å². The number of hydrogen-bond donors (Lipinski definition) is 3. The van der Waals surface area contributed by atoms with Crippen molar-refractivity contribution in [2.75, 3.05) is 17.8 Å². The molecular formula is C24H28N4O5S. The van der Waals surface area contributed by atoms with Gasteiger partial charge in [0.2, 0.25) is 0 Å². The first-order valence-corrected chi connectivity index (χ1v) is 12.7. The van der Waals surface area contributed by atoms with Crippen molar-refractivity contribution in [2.45, 2.75) is 43.6 Å². The predicted octanol–water partition coefficient (Wildman–Crippen LogP) is 2.74. The summed E-state index contributed by atoms with van der Waals surface area (Å²) in [6.07, 6.45) is 2.88. The van der Waals surface area contributed by atoms with Crippen LogP contribution in [0.4, 0.5) is 5.69 Å². The molecule has 0 radical (unpaired) electrons. The Hall–Kier alpha value is -3.24. The molecule has 34 heavy (non-hydrogen) atoms. The van der Waals surface area contributed by atoms with Gasteiger partial charge in [0, 0.05) is 24.3 Å². The lowest BCUT2D eigenvalue weighted by molar-refractivity contribution is -0.0311. The molecule has 0 bridgehead atoms. The summed E-state index contributed by atoms with van der Waals surface area (Å²) in [5, 5.41) is 10.7. The lowest BCUT2D eigenvalue weighted by Gasteiger charge is -2.39. The molecule has 1 aliphatic heterocycles. The Kier molecular flexibility index (Phi) is 6.46. The van der Waals surface area contributed by atoms with Crippen LogP contribution in [0.25, 0.3) is 11.0 Å². The maximum atomic E-state index is 13.0. The largest absolute Gasteiger partial charge is 0.390 e. The highest BCUT2D eigenvalue weighted by Crippen LogP contribution is 2.29. The van der Waals surface area contributed by atoms with E-state index in [0.29, 0.717) is 49.4 Å². The first-order valence-electron chi connectivity index (χ1n) is 11.2. The third-order valence-electron chi connectivity index (χ3n) is 6.02. The molecule has 10 heteroatoms. The molecule has 2 heterocycles. The Balaban J connectivity index is 1.47. The molecule has 0 aliphatic carbocycles. The fourth-order valence-electron chi connectivity index (χ4n) is 4.42. The van der Waals surface area contributed by atoms with Gasteiger partial charge in [-0.3, -0.25) is 14.3 Å². The van der Waals surface area contributed by atoms with Crippen molar-refractivity contribution in [1.82, 2.24) is 14.9 Å². The van der Waals surface area contributed by atoms with Gasteiger partial charge in [-0.05, 0) is 61.6 Å². The average Bonchev–Trinajstić information content (AvgIpc) is 2.78. The number of H-pyrrole nitrogens is 1. The molecule has 2 aromatic carbocycles. The molecule has 9 nitrogen and oxygen atoms in total. The van der Waals surface area contributed by atoms with Crippen molar-refractivity contribution in [3.05, 3.63) is 64.6 Å². The zero-order chi connectivity index (χ0) is 24.5. The number of hydrogen-bond acceptors (Lipinski definition) is 6. The average molecular weight is 485 g/mol. The van der Waals surface area contributed by atoms with E-state index in [1.54, 1.807) is 29.2 Å². The number of aliphatic hydroxyl groups is 1. The number of rotatable bonds is 6. The normalized spacial score (nSPS) is 16.1. The fourth-order valence-corrected chi connectivity index (χ4v) is 5.66. The monoisotopic (exact) mass is 484 g/mol. The molecule has 3 N–H and O–H groups in total. The van der Waals surface area contributed by atoms with Crippen molar-refractivity contribution in [1.29, 1.82) is 0 Å². The van der Waals surface area contributed by atoms with Crippen LogP contribution in [0.5, 0.6) is 0 Å². The van der Waals surface area contributed by atoms with Crippen molar-refractivity contribution in [3.63, 3.8) is 0 Å². The minimum Gasteiger partial charge on any atom is -0.390 e. The number of fused-ring (bicyclic) bond motifs is 1.